The maximum Gasteiger partial charge on any atom is 0.239 e. The van der Waals surface area contributed by atoms with Crippen molar-refractivity contribution in [2.24, 2.45) is 5.92 Å². The monoisotopic (exact) mass is 351 g/mol. The summed E-state index contributed by atoms with van der Waals surface area (Å²) in [5, 5.41) is 3.32. The molecule has 0 saturated carbocycles. The Labute approximate surface area is 152 Å². The fourth-order valence-electron chi connectivity index (χ4n) is 3.85. The molecule has 0 aliphatic carbocycles. The molecule has 134 valence electrons. The van der Waals surface area contributed by atoms with Crippen LogP contribution in [0.2, 0.25) is 0 Å². The van der Waals surface area contributed by atoms with E-state index in [2.05, 4.69) is 52.5 Å². The molecule has 0 unspecified atom stereocenters. The number of hydrogen-bond donors (Lipinski definition) is 1. The Bertz CT molecular complexity index is 497. The van der Waals surface area contributed by atoms with Crippen LogP contribution in [0.5, 0.6) is 0 Å². The van der Waals surface area contributed by atoms with Crippen molar-refractivity contribution in [1.29, 1.82) is 0 Å². The number of carbonyl (C=O) groups excluding carboxylic acids is 1. The molecule has 2 aliphatic heterocycles. The first-order valence-electron chi connectivity index (χ1n) is 8.97. The Morgan fingerprint density at radius 2 is 1.92 bits per heavy atom. The van der Waals surface area contributed by atoms with Crippen molar-refractivity contribution in [2.75, 3.05) is 33.2 Å². The van der Waals surface area contributed by atoms with Gasteiger partial charge in [0.1, 0.15) is 0 Å². The van der Waals surface area contributed by atoms with Crippen LogP contribution in [-0.2, 0) is 11.3 Å². The summed E-state index contributed by atoms with van der Waals surface area (Å²) < 4.78 is 0. The largest absolute Gasteiger partial charge is 0.341 e. The summed E-state index contributed by atoms with van der Waals surface area (Å²) in [5.41, 5.74) is 1.37. The Morgan fingerprint density at radius 1 is 1.21 bits per heavy atom. The normalized spacial score (nSPS) is 21.8. The highest BCUT2D eigenvalue weighted by Crippen LogP contribution is 2.20. The molecule has 2 aliphatic rings. The van der Waals surface area contributed by atoms with Gasteiger partial charge in [0.25, 0.3) is 0 Å². The van der Waals surface area contributed by atoms with E-state index in [1.807, 2.05) is 0 Å². The fraction of sp³-hybridized carbons (Fsp3) is 0.632. The molecule has 1 atom stereocenters. The molecule has 4 nitrogen and oxygen atoms in total. The molecular weight excluding hydrogens is 322 g/mol. The van der Waals surface area contributed by atoms with Crippen molar-refractivity contribution in [3.05, 3.63) is 35.9 Å². The average molecular weight is 352 g/mol. The van der Waals surface area contributed by atoms with E-state index in [4.69, 9.17) is 0 Å². The summed E-state index contributed by atoms with van der Waals surface area (Å²) in [6.07, 6.45) is 4.42. The maximum absolute atomic E-state index is 12.4. The van der Waals surface area contributed by atoms with Gasteiger partial charge in [-0.05, 0) is 50.8 Å². The van der Waals surface area contributed by atoms with Crippen molar-refractivity contribution in [3.8, 4) is 0 Å². The first-order chi connectivity index (χ1) is 11.2. The SMILES string of the molecule is CN(Cc1ccccc1)CC1CCN(C(=O)[C@@H]2CCCN2)CC1.Cl. The molecule has 2 fully saturated rings. The minimum absolute atomic E-state index is 0. The van der Waals surface area contributed by atoms with Crippen LogP contribution in [0.3, 0.4) is 0 Å². The second-order valence-electron chi connectivity index (χ2n) is 7.10. The minimum Gasteiger partial charge on any atom is -0.341 e. The number of rotatable bonds is 5. The van der Waals surface area contributed by atoms with Crippen LogP contribution in [-0.4, -0.2) is 55.0 Å². The first-order valence-corrected chi connectivity index (χ1v) is 8.97. The molecule has 2 saturated heterocycles. The number of carbonyl (C=O) groups is 1. The van der Waals surface area contributed by atoms with E-state index in [-0.39, 0.29) is 18.4 Å². The lowest BCUT2D eigenvalue weighted by Crippen LogP contribution is -2.47. The number of amides is 1. The zero-order chi connectivity index (χ0) is 16.1. The summed E-state index contributed by atoms with van der Waals surface area (Å²) in [7, 11) is 2.20. The summed E-state index contributed by atoms with van der Waals surface area (Å²) in [6, 6.07) is 10.7. The van der Waals surface area contributed by atoms with Crippen molar-refractivity contribution in [3.63, 3.8) is 0 Å². The first kappa shape index (κ1) is 19.2. The van der Waals surface area contributed by atoms with Gasteiger partial charge in [-0.1, -0.05) is 30.3 Å². The molecule has 0 bridgehead atoms. The molecule has 0 aromatic heterocycles. The summed E-state index contributed by atoms with van der Waals surface area (Å²) in [5.74, 6) is 1.04. The number of likely N-dealkylation sites (tertiary alicyclic amines) is 1. The van der Waals surface area contributed by atoms with Crippen LogP contribution in [0.1, 0.15) is 31.2 Å². The molecule has 0 radical (unpaired) electrons. The fourth-order valence-corrected chi connectivity index (χ4v) is 3.85. The molecule has 3 rings (SSSR count). The van der Waals surface area contributed by atoms with Crippen molar-refractivity contribution in [2.45, 2.75) is 38.3 Å². The average Bonchev–Trinajstić information content (AvgIpc) is 3.10. The van der Waals surface area contributed by atoms with Gasteiger partial charge in [0.05, 0.1) is 6.04 Å². The van der Waals surface area contributed by atoms with Gasteiger partial charge in [-0.3, -0.25) is 4.79 Å². The van der Waals surface area contributed by atoms with E-state index in [9.17, 15) is 4.79 Å². The maximum atomic E-state index is 12.4. The van der Waals surface area contributed by atoms with Crippen LogP contribution in [0.15, 0.2) is 30.3 Å². The Balaban J connectivity index is 0.00000208. The number of benzene rings is 1. The van der Waals surface area contributed by atoms with Gasteiger partial charge >= 0.3 is 0 Å². The number of nitrogens with zero attached hydrogens (tertiary/aromatic N) is 2. The second-order valence-corrected chi connectivity index (χ2v) is 7.10. The molecule has 1 amide bonds. The Kier molecular flexibility index (Phi) is 7.53. The number of piperidine rings is 1. The van der Waals surface area contributed by atoms with Gasteiger partial charge < -0.3 is 15.1 Å². The predicted octanol–water partition coefficient (Wildman–Crippen LogP) is 2.53. The van der Waals surface area contributed by atoms with Gasteiger partial charge in [-0.15, -0.1) is 12.4 Å². The zero-order valence-corrected chi connectivity index (χ0v) is 15.4. The lowest BCUT2D eigenvalue weighted by Gasteiger charge is -2.35. The van der Waals surface area contributed by atoms with E-state index < -0.39 is 0 Å². The van der Waals surface area contributed by atoms with E-state index in [0.717, 1.165) is 58.4 Å². The molecule has 1 aromatic carbocycles. The van der Waals surface area contributed by atoms with Gasteiger partial charge in [0.15, 0.2) is 0 Å². The third-order valence-electron chi connectivity index (χ3n) is 5.15. The van der Waals surface area contributed by atoms with Crippen molar-refractivity contribution >= 4 is 18.3 Å². The molecule has 5 heteroatoms. The summed E-state index contributed by atoms with van der Waals surface area (Å²) in [4.78, 5) is 16.9. The standard InChI is InChI=1S/C19H29N3O.ClH/c1-21(14-16-6-3-2-4-7-16)15-17-9-12-22(13-10-17)19(23)18-8-5-11-20-18;/h2-4,6-7,17-18,20H,5,8-15H2,1H3;1H/t18-;/m0./s1. The summed E-state index contributed by atoms with van der Waals surface area (Å²) in [6.45, 7) is 4.99. The lowest BCUT2D eigenvalue weighted by atomic mass is 9.95. The highest BCUT2D eigenvalue weighted by molar-refractivity contribution is 5.85. The van der Waals surface area contributed by atoms with Crippen molar-refractivity contribution in [1.82, 2.24) is 15.1 Å². The van der Waals surface area contributed by atoms with Crippen LogP contribution in [0, 0.1) is 5.92 Å². The topological polar surface area (TPSA) is 35.6 Å². The van der Waals surface area contributed by atoms with Crippen LogP contribution in [0.4, 0.5) is 0 Å². The zero-order valence-electron chi connectivity index (χ0n) is 14.6. The van der Waals surface area contributed by atoms with Gasteiger partial charge in [-0.2, -0.15) is 0 Å². The quantitative estimate of drug-likeness (QED) is 0.885. The minimum atomic E-state index is 0. The van der Waals surface area contributed by atoms with Gasteiger partial charge in [0.2, 0.25) is 5.91 Å². The number of hydrogen-bond acceptors (Lipinski definition) is 3. The third-order valence-corrected chi connectivity index (χ3v) is 5.15. The number of halogens is 1. The molecule has 0 spiro atoms. The lowest BCUT2D eigenvalue weighted by molar-refractivity contribution is -0.134. The van der Waals surface area contributed by atoms with Gasteiger partial charge in [0, 0.05) is 26.2 Å². The van der Waals surface area contributed by atoms with Crippen LogP contribution < -0.4 is 5.32 Å². The van der Waals surface area contributed by atoms with Crippen LogP contribution in [0.25, 0.3) is 0 Å². The molecule has 1 aromatic rings. The highest BCUT2D eigenvalue weighted by Gasteiger charge is 2.29. The number of nitrogens with one attached hydrogen (secondary N) is 1. The Hall–Kier alpha value is -1.10. The second kappa shape index (κ2) is 9.40. The van der Waals surface area contributed by atoms with Crippen molar-refractivity contribution < 1.29 is 4.79 Å². The molecule has 2 heterocycles. The predicted molar refractivity (Wildman–Crippen MR) is 100 cm³/mol. The summed E-state index contributed by atoms with van der Waals surface area (Å²) >= 11 is 0. The van der Waals surface area contributed by atoms with E-state index in [1.54, 1.807) is 0 Å². The smallest absolute Gasteiger partial charge is 0.239 e. The third kappa shape index (κ3) is 5.20. The van der Waals surface area contributed by atoms with E-state index in [1.165, 1.54) is 5.56 Å². The van der Waals surface area contributed by atoms with Crippen LogP contribution >= 0.6 is 12.4 Å². The van der Waals surface area contributed by atoms with Gasteiger partial charge in [-0.25, -0.2) is 0 Å². The van der Waals surface area contributed by atoms with E-state index >= 15 is 0 Å². The molecular formula is C19H30ClN3O. The highest BCUT2D eigenvalue weighted by atomic mass is 35.5. The molecule has 24 heavy (non-hydrogen) atoms. The Morgan fingerprint density at radius 3 is 2.54 bits per heavy atom. The van der Waals surface area contributed by atoms with E-state index in [0.29, 0.717) is 11.8 Å². The molecule has 1 N–H and O–H groups in total.